The molecule has 6 heteroatoms. The normalized spacial score (nSPS) is 16.3. The van der Waals surface area contributed by atoms with Crippen LogP contribution in [0.3, 0.4) is 0 Å². The number of nitrogens with zero attached hydrogens (tertiary/aromatic N) is 5. The Balaban J connectivity index is 1.82. The van der Waals surface area contributed by atoms with Gasteiger partial charge in [0.25, 0.3) is 0 Å². The van der Waals surface area contributed by atoms with Gasteiger partial charge in [-0.3, -0.25) is 4.90 Å². The Morgan fingerprint density at radius 3 is 2.44 bits per heavy atom. The third-order valence-corrected chi connectivity index (χ3v) is 3.17. The molecule has 0 aromatic heterocycles. The van der Waals surface area contributed by atoms with E-state index in [1.54, 1.807) is 12.1 Å². The van der Waals surface area contributed by atoms with Gasteiger partial charge >= 0.3 is 0 Å². The summed E-state index contributed by atoms with van der Waals surface area (Å²) in [5.41, 5.74) is 9.36. The molecule has 0 atom stereocenters. The first kappa shape index (κ1) is 12.5. The zero-order chi connectivity index (χ0) is 12.8. The molecule has 1 heterocycles. The minimum Gasteiger partial charge on any atom is -0.508 e. The van der Waals surface area contributed by atoms with E-state index in [0.29, 0.717) is 12.3 Å². The van der Waals surface area contributed by atoms with Gasteiger partial charge in [0.2, 0.25) is 0 Å². The fourth-order valence-corrected chi connectivity index (χ4v) is 2.12. The Labute approximate surface area is 106 Å². The Kier molecular flexibility index (Phi) is 4.28. The van der Waals surface area contributed by atoms with Gasteiger partial charge in [-0.2, -0.15) is 0 Å². The van der Waals surface area contributed by atoms with Crippen molar-refractivity contribution in [3.63, 3.8) is 0 Å². The Hall–Kier alpha value is -1.91. The van der Waals surface area contributed by atoms with Crippen molar-refractivity contribution >= 4 is 5.69 Å². The summed E-state index contributed by atoms with van der Waals surface area (Å²) in [4.78, 5) is 7.35. The van der Waals surface area contributed by atoms with Crippen LogP contribution in [0.4, 0.5) is 5.69 Å². The maximum atomic E-state index is 9.25. The highest BCUT2D eigenvalue weighted by molar-refractivity contribution is 5.49. The molecule has 1 aliphatic rings. The number of rotatable bonds is 4. The first-order valence-corrected chi connectivity index (χ1v) is 6.07. The molecule has 0 unspecified atom stereocenters. The molecule has 0 spiro atoms. The zero-order valence-corrected chi connectivity index (χ0v) is 10.2. The highest BCUT2D eigenvalue weighted by atomic mass is 16.3. The van der Waals surface area contributed by atoms with E-state index >= 15 is 0 Å². The number of piperazine rings is 1. The third-order valence-electron chi connectivity index (χ3n) is 3.17. The number of anilines is 1. The monoisotopic (exact) mass is 247 g/mol. The molecule has 1 aliphatic heterocycles. The minimum atomic E-state index is 0.298. The molecular weight excluding hydrogens is 230 g/mol. The predicted octanol–water partition coefficient (Wildman–Crippen LogP) is 1.82. The lowest BCUT2D eigenvalue weighted by molar-refractivity contribution is 0.265. The second-order valence-electron chi connectivity index (χ2n) is 4.30. The topological polar surface area (TPSA) is 75.5 Å². The van der Waals surface area contributed by atoms with Crippen LogP contribution in [0.15, 0.2) is 29.4 Å². The highest BCUT2D eigenvalue weighted by Gasteiger charge is 2.16. The summed E-state index contributed by atoms with van der Waals surface area (Å²) in [6.45, 7) is 5.23. The molecule has 2 rings (SSSR count). The van der Waals surface area contributed by atoms with Crippen LogP contribution in [0.1, 0.15) is 0 Å². The van der Waals surface area contributed by atoms with Crippen molar-refractivity contribution in [1.29, 1.82) is 0 Å². The molecule has 1 aromatic carbocycles. The van der Waals surface area contributed by atoms with E-state index < -0.39 is 0 Å². The second kappa shape index (κ2) is 6.14. The molecular formula is C12H17N5O. The maximum absolute atomic E-state index is 9.25. The molecule has 0 radical (unpaired) electrons. The van der Waals surface area contributed by atoms with Crippen molar-refractivity contribution in [1.82, 2.24) is 4.90 Å². The summed E-state index contributed by atoms with van der Waals surface area (Å²) in [7, 11) is 0. The number of azide groups is 1. The van der Waals surface area contributed by atoms with Gasteiger partial charge in [0.1, 0.15) is 5.75 Å². The summed E-state index contributed by atoms with van der Waals surface area (Å²) < 4.78 is 0. The lowest BCUT2D eigenvalue weighted by Gasteiger charge is -2.35. The van der Waals surface area contributed by atoms with Gasteiger partial charge in [-0.05, 0) is 29.8 Å². The maximum Gasteiger partial charge on any atom is 0.115 e. The van der Waals surface area contributed by atoms with Gasteiger partial charge < -0.3 is 10.0 Å². The average molecular weight is 247 g/mol. The fraction of sp³-hybridized carbons (Fsp3) is 0.500. The van der Waals surface area contributed by atoms with Crippen molar-refractivity contribution < 1.29 is 5.11 Å². The second-order valence-corrected chi connectivity index (χ2v) is 4.30. The van der Waals surface area contributed by atoms with Crippen molar-refractivity contribution in [2.24, 2.45) is 5.11 Å². The van der Waals surface area contributed by atoms with Gasteiger partial charge in [-0.15, -0.1) is 0 Å². The largest absolute Gasteiger partial charge is 0.508 e. The molecule has 1 N–H and O–H groups in total. The number of hydrogen-bond donors (Lipinski definition) is 1. The lowest BCUT2D eigenvalue weighted by Crippen LogP contribution is -2.47. The number of benzene rings is 1. The summed E-state index contributed by atoms with van der Waals surface area (Å²) >= 11 is 0. The molecule has 0 saturated carbocycles. The van der Waals surface area contributed by atoms with Gasteiger partial charge in [0.05, 0.1) is 0 Å². The summed E-state index contributed by atoms with van der Waals surface area (Å²) in [5.74, 6) is 0.298. The first-order valence-electron chi connectivity index (χ1n) is 6.07. The summed E-state index contributed by atoms with van der Waals surface area (Å²) in [6.07, 6.45) is 0. The van der Waals surface area contributed by atoms with Crippen molar-refractivity contribution in [3.05, 3.63) is 34.7 Å². The fourth-order valence-electron chi connectivity index (χ4n) is 2.12. The quantitative estimate of drug-likeness (QED) is 0.501. The van der Waals surface area contributed by atoms with Crippen LogP contribution in [-0.4, -0.2) is 49.3 Å². The minimum absolute atomic E-state index is 0.298. The van der Waals surface area contributed by atoms with Gasteiger partial charge in [0.15, 0.2) is 0 Å². The Morgan fingerprint density at radius 2 is 1.83 bits per heavy atom. The van der Waals surface area contributed by atoms with Crippen molar-refractivity contribution in [2.75, 3.05) is 44.2 Å². The number of hydrogen-bond acceptors (Lipinski definition) is 4. The van der Waals surface area contributed by atoms with Gasteiger partial charge in [0, 0.05) is 49.9 Å². The van der Waals surface area contributed by atoms with Crippen LogP contribution >= 0.6 is 0 Å². The van der Waals surface area contributed by atoms with Crippen molar-refractivity contribution in [3.8, 4) is 5.75 Å². The van der Waals surface area contributed by atoms with E-state index in [1.807, 2.05) is 12.1 Å². The van der Waals surface area contributed by atoms with Crippen LogP contribution in [0.5, 0.6) is 5.75 Å². The summed E-state index contributed by atoms with van der Waals surface area (Å²) in [6, 6.07) is 7.29. The van der Waals surface area contributed by atoms with Crippen LogP contribution in [-0.2, 0) is 0 Å². The Morgan fingerprint density at radius 1 is 1.17 bits per heavy atom. The number of phenols is 1. The third kappa shape index (κ3) is 3.29. The van der Waals surface area contributed by atoms with E-state index in [2.05, 4.69) is 19.8 Å². The van der Waals surface area contributed by atoms with E-state index in [4.69, 9.17) is 5.53 Å². The molecule has 18 heavy (non-hydrogen) atoms. The molecule has 6 nitrogen and oxygen atoms in total. The van der Waals surface area contributed by atoms with Crippen LogP contribution < -0.4 is 4.90 Å². The summed E-state index contributed by atoms with van der Waals surface area (Å²) in [5, 5.41) is 12.8. The molecule has 1 fully saturated rings. The first-order chi connectivity index (χ1) is 8.79. The van der Waals surface area contributed by atoms with E-state index in [0.717, 1.165) is 38.4 Å². The molecule has 1 aromatic rings. The predicted molar refractivity (Wildman–Crippen MR) is 70.8 cm³/mol. The SMILES string of the molecule is [N-]=[N+]=NCCN1CCN(c2ccc(O)cc2)CC1. The van der Waals surface area contributed by atoms with Crippen LogP contribution in [0, 0.1) is 0 Å². The van der Waals surface area contributed by atoms with E-state index in [1.165, 1.54) is 0 Å². The lowest BCUT2D eigenvalue weighted by atomic mass is 10.2. The molecule has 96 valence electrons. The standard InChI is InChI=1S/C12H17N5O/c13-15-14-5-6-16-7-9-17(10-8-16)11-1-3-12(18)4-2-11/h1-4,18H,5-10H2. The molecule has 0 amide bonds. The number of phenolic OH excluding ortho intramolecular Hbond substituents is 1. The molecule has 1 saturated heterocycles. The highest BCUT2D eigenvalue weighted by Crippen LogP contribution is 2.19. The number of aromatic hydroxyl groups is 1. The smallest absolute Gasteiger partial charge is 0.115 e. The van der Waals surface area contributed by atoms with E-state index in [9.17, 15) is 5.11 Å². The molecule has 0 aliphatic carbocycles. The van der Waals surface area contributed by atoms with Crippen LogP contribution in [0.25, 0.3) is 10.4 Å². The average Bonchev–Trinajstić information content (AvgIpc) is 2.41. The van der Waals surface area contributed by atoms with E-state index in [-0.39, 0.29) is 0 Å². The van der Waals surface area contributed by atoms with Gasteiger partial charge in [-0.25, -0.2) is 0 Å². The van der Waals surface area contributed by atoms with Crippen LogP contribution in [0.2, 0.25) is 0 Å². The molecule has 0 bridgehead atoms. The van der Waals surface area contributed by atoms with Crippen molar-refractivity contribution in [2.45, 2.75) is 0 Å². The zero-order valence-electron chi connectivity index (χ0n) is 10.2. The Bertz CT molecular complexity index is 419. The van der Waals surface area contributed by atoms with Gasteiger partial charge in [-0.1, -0.05) is 5.11 Å².